The molecule has 9 aromatic heterocycles. The first-order chi connectivity index (χ1) is 71.1. The number of aryl methyl sites for hydroxylation is 1. The zero-order valence-electron chi connectivity index (χ0n) is 86.6. The molecule has 0 amide bonds. The van der Waals surface area contributed by atoms with Crippen molar-refractivity contribution < 1.29 is 8.78 Å². The molecule has 150 heavy (non-hydrogen) atoms. The van der Waals surface area contributed by atoms with E-state index < -0.39 is 24.4 Å². The summed E-state index contributed by atoms with van der Waals surface area (Å²) in [6.45, 7) is 20.2. The maximum atomic E-state index is 14.4. The number of hydrogen-bond acceptors (Lipinski definition) is 37. The molecular weight excluding hydrogens is 2090 g/mol. The zero-order chi connectivity index (χ0) is 108. The number of anilines is 13. The van der Waals surface area contributed by atoms with Gasteiger partial charge in [-0.3, -0.25) is 51.8 Å². The Hall–Kier alpha value is -9.81. The number of pyridine rings is 4. The second-order valence-corrected chi connectivity index (χ2v) is 49.9. The third kappa shape index (κ3) is 23.1. The number of nitrogen functional groups attached to an aromatic ring is 8. The van der Waals surface area contributed by atoms with Crippen LogP contribution in [0.1, 0.15) is 156 Å². The summed E-state index contributed by atoms with van der Waals surface area (Å²) in [6, 6.07) is 15.7. The van der Waals surface area contributed by atoms with Crippen molar-refractivity contribution in [1.29, 1.82) is 0 Å². The molecule has 10 aliphatic rings. The highest BCUT2D eigenvalue weighted by Gasteiger charge is 2.55. The Kier molecular flexibility index (Phi) is 34.6. The largest absolute Gasteiger partial charge is 0.399 e. The Bertz CT molecular complexity index is 6790. The van der Waals surface area contributed by atoms with Crippen LogP contribution in [0.2, 0.25) is 20.4 Å². The monoisotopic (exact) mass is 2230 g/mol. The van der Waals surface area contributed by atoms with E-state index >= 15 is 0 Å². The van der Waals surface area contributed by atoms with E-state index in [0.717, 1.165) is 170 Å². The molecule has 14 heterocycles. The van der Waals surface area contributed by atoms with Crippen LogP contribution in [0.5, 0.6) is 0 Å². The van der Waals surface area contributed by atoms with Crippen molar-refractivity contribution in [2.24, 2.45) is 121 Å². The van der Waals surface area contributed by atoms with Crippen molar-refractivity contribution in [1.82, 2.24) is 67.7 Å². The summed E-state index contributed by atoms with van der Waals surface area (Å²) in [6.07, 6.45) is 22.1. The van der Waals surface area contributed by atoms with Crippen molar-refractivity contribution in [2.45, 2.75) is 249 Å². The molecule has 5 spiro atoms. The molecule has 0 bridgehead atoms. The SMILES string of the molecule is C[C@@H]1CC2(CCN(c3nc(N)c(Sc4ccnc(N)c4Cl)c(=O)n3C)CC2)[C@H](N)[C@@H]1F.C[C@H]1C[C@@H](N)C2(CCN(c3nc(N)c(Sc4cc(N)ccc4Cl)c(=O)n3C)CC2)C1.C[C@H]1C[C@@H](N)C2(CCN(c3nc(N)c(Sc4cc(N)cnc4Cl)c(=O)n3C)CC2)C1.C[C@H]1C[C@@H](N)C2(CCN(c3nc(N)c(Sc4cccnc4Cl)c(=O)n3C)CC2)C1.Cc1ncccc1Sc1c(N)nc(N2CCC3(CC2)C[C@@H](C)[C@H](F)[C@@H]3N)n(C)c1=O. The van der Waals surface area contributed by atoms with Crippen LogP contribution in [0.3, 0.4) is 0 Å². The number of benzene rings is 1. The van der Waals surface area contributed by atoms with E-state index in [4.69, 9.17) is 121 Å². The molecule has 810 valence electrons. The van der Waals surface area contributed by atoms with Crippen molar-refractivity contribution >= 4 is 181 Å². The average Bonchev–Trinajstić information content (AvgIpc) is 1.37. The van der Waals surface area contributed by atoms with Crippen LogP contribution in [0.4, 0.5) is 84.8 Å². The third-order valence-corrected chi connectivity index (χ3v) is 40.7. The first kappa shape index (κ1) is 113. The number of alkyl halides is 2. The highest BCUT2D eigenvalue weighted by atomic mass is 35.5. The second-order valence-electron chi connectivity index (χ2n) is 43.1. The van der Waals surface area contributed by atoms with Crippen LogP contribution < -0.4 is 127 Å². The van der Waals surface area contributed by atoms with Crippen molar-refractivity contribution in [3.8, 4) is 0 Å². The molecule has 20 rings (SSSR count). The number of hydrogen-bond donors (Lipinski definition) is 13. The maximum Gasteiger partial charge on any atom is 0.270 e. The van der Waals surface area contributed by atoms with Crippen molar-refractivity contribution in [2.75, 3.05) is 136 Å². The molecule has 12 atom stereocenters. The molecule has 5 saturated heterocycles. The van der Waals surface area contributed by atoms with Crippen LogP contribution in [0, 0.1) is 63.6 Å². The average molecular weight is 2230 g/mol. The lowest BCUT2D eigenvalue weighted by Gasteiger charge is -2.42. The fraction of sp³-hybridized carbons (Fsp3) is 0.549. The van der Waals surface area contributed by atoms with E-state index in [9.17, 15) is 32.8 Å². The molecule has 0 radical (unpaired) electrons. The number of halogens is 6. The van der Waals surface area contributed by atoms with Gasteiger partial charge in [-0.2, -0.15) is 24.9 Å². The van der Waals surface area contributed by atoms with Gasteiger partial charge in [-0.15, -0.1) is 0 Å². The highest BCUT2D eigenvalue weighted by Crippen LogP contribution is 2.56. The van der Waals surface area contributed by atoms with E-state index in [2.05, 4.69) is 85.2 Å². The summed E-state index contributed by atoms with van der Waals surface area (Å²) in [4.78, 5) is 120. The lowest BCUT2D eigenvalue weighted by atomic mass is 9.74. The van der Waals surface area contributed by atoms with Crippen LogP contribution in [-0.4, -0.2) is 176 Å². The molecular formula is C102H140Cl4F2N32O5S5. The fourth-order valence-electron chi connectivity index (χ4n) is 24.6. The van der Waals surface area contributed by atoms with E-state index in [-0.39, 0.29) is 135 Å². The van der Waals surface area contributed by atoms with Crippen molar-refractivity contribution in [3.63, 3.8) is 0 Å². The van der Waals surface area contributed by atoms with Crippen molar-refractivity contribution in [3.05, 3.63) is 157 Å². The molecule has 5 aliphatic carbocycles. The summed E-state index contributed by atoms with van der Waals surface area (Å²) >= 11 is 30.7. The minimum absolute atomic E-state index is 0.00286. The Morgan fingerprint density at radius 3 is 0.960 bits per heavy atom. The second kappa shape index (κ2) is 46.1. The molecule has 26 N–H and O–H groups in total. The first-order valence-electron chi connectivity index (χ1n) is 51.0. The molecule has 10 aromatic rings. The lowest BCUT2D eigenvalue weighted by Crippen LogP contribution is -2.50. The summed E-state index contributed by atoms with van der Waals surface area (Å²) < 4.78 is 36.5. The van der Waals surface area contributed by atoms with Gasteiger partial charge in [0, 0.05) is 175 Å². The number of rotatable bonds is 15. The molecule has 5 saturated carbocycles. The van der Waals surface area contributed by atoms with Crippen LogP contribution in [-0.2, 0) is 35.2 Å². The Labute approximate surface area is 913 Å². The lowest BCUT2D eigenvalue weighted by molar-refractivity contribution is 0.166. The first-order valence-corrected chi connectivity index (χ1v) is 56.6. The van der Waals surface area contributed by atoms with E-state index in [1.807, 2.05) is 43.9 Å². The quantitative estimate of drug-likeness (QED) is 0.0335. The van der Waals surface area contributed by atoms with Gasteiger partial charge in [0.05, 0.1) is 32.5 Å². The van der Waals surface area contributed by atoms with E-state index in [0.29, 0.717) is 134 Å². The van der Waals surface area contributed by atoms with Crippen LogP contribution in [0.15, 0.2) is 152 Å². The predicted octanol–water partition coefficient (Wildman–Crippen LogP) is 13.4. The summed E-state index contributed by atoms with van der Waals surface area (Å²) in [7, 11) is 8.59. The standard InChI is InChI=1S/C21H29ClN6OS.C21H29FN6OS.C20H27ClFN7OS.C20H28ClN7OS.C20H27ClN6OS/c1-12-9-16(24)21(11-12)5-7-28(8-6-21)20-26-18(25)17(19(29)27(20)2)30-15-10-13(23)3-4-14(15)22;1-12-11-21(17(23)15(12)22)6-9-28(10-7-21)20-26-18(24)16(19(29)27(20)3)30-14-5-4-8-25-13(14)2;1-10-9-20(15(23)13(10)22)4-7-29(8-5-20)19-27-17(25)14(18(30)28(19)2)31-11-3-6-26-16(24)12(11)21;1-11-7-14(23)20(9-11)3-5-28(6-4-20)19-26-17(24)15(18(29)27(19)2)30-13-8-12(22)10-25-16(13)21;1-12-10-14(22)20(11-12)5-8-27(9-6-20)19-25-17(23)15(18(28)26(19)2)29-13-4-3-7-24-16(13)21/h3-4,10,12,16H,5-9,11,23-25H2,1-2H3;4-5,8,12,15,17H,6-7,9-11,23-24H2,1-3H3;3,6,10,13,15H,4-5,7-9,23,25H2,1-2H3,(H2,24,26);8,10-11,14H,3-7,9,22-24H2,1-2H3;3-4,7,12,14H,5-6,8-11,22-23H2,1-2H3/t12-,16+;12-,15+,17+;10-,13-,15-;11-,14+;12-,14+/m01100/s1. The number of nitrogens with zero attached hydrogens (tertiary/aromatic N) is 19. The normalized spacial score (nSPS) is 24.3. The van der Waals surface area contributed by atoms with E-state index in [1.54, 1.807) is 102 Å². The molecule has 0 unspecified atom stereocenters. The number of nitrogens with two attached hydrogens (primary N) is 13. The van der Waals surface area contributed by atoms with Gasteiger partial charge >= 0.3 is 0 Å². The van der Waals surface area contributed by atoms with Gasteiger partial charge in [-0.1, -0.05) is 140 Å². The van der Waals surface area contributed by atoms with Gasteiger partial charge in [0.2, 0.25) is 29.7 Å². The van der Waals surface area contributed by atoms with Gasteiger partial charge < -0.3 is 99.0 Å². The van der Waals surface area contributed by atoms with Crippen LogP contribution in [0.25, 0.3) is 0 Å². The third-order valence-electron chi connectivity index (χ3n) is 33.1. The van der Waals surface area contributed by atoms with Gasteiger partial charge in [0.25, 0.3) is 27.8 Å². The van der Waals surface area contributed by atoms with Gasteiger partial charge in [-0.05, 0) is 234 Å². The predicted molar refractivity (Wildman–Crippen MR) is 603 cm³/mol. The summed E-state index contributed by atoms with van der Waals surface area (Å²) in [5, 5.41) is 1.39. The Balaban J connectivity index is 0.000000133. The zero-order valence-corrected chi connectivity index (χ0v) is 93.7. The topological polar surface area (TPSA) is 580 Å². The summed E-state index contributed by atoms with van der Waals surface area (Å²) in [5.41, 5.74) is 81.5. The van der Waals surface area contributed by atoms with Gasteiger partial charge in [0.1, 0.15) is 82.0 Å². The van der Waals surface area contributed by atoms with Crippen LogP contribution >= 0.6 is 105 Å². The molecule has 1 aromatic carbocycles. The number of aromatic nitrogens is 14. The molecule has 5 aliphatic heterocycles. The molecule has 37 nitrogen and oxygen atoms in total. The minimum atomic E-state index is -0.963. The van der Waals surface area contributed by atoms with Gasteiger partial charge in [-0.25, -0.2) is 23.7 Å². The molecule has 48 heteroatoms. The molecule has 10 fully saturated rings. The fourth-order valence-corrected chi connectivity index (χ4v) is 30.1. The highest BCUT2D eigenvalue weighted by molar-refractivity contribution is 8.00. The maximum absolute atomic E-state index is 14.4. The number of piperidine rings is 5. The Morgan fingerprint density at radius 1 is 0.340 bits per heavy atom. The summed E-state index contributed by atoms with van der Waals surface area (Å²) in [5.74, 6) is 6.03. The van der Waals surface area contributed by atoms with E-state index in [1.165, 1.54) is 71.5 Å². The Morgan fingerprint density at radius 2 is 0.640 bits per heavy atom. The smallest absolute Gasteiger partial charge is 0.270 e. The van der Waals surface area contributed by atoms with Gasteiger partial charge in [0.15, 0.2) is 0 Å². The minimum Gasteiger partial charge on any atom is -0.399 e.